The minimum atomic E-state index is 0.983. The molecule has 0 aliphatic carbocycles. The van der Waals surface area contributed by atoms with E-state index in [1.54, 1.807) is 0 Å². The van der Waals surface area contributed by atoms with E-state index in [1.807, 2.05) is 0 Å². The highest BCUT2D eigenvalue weighted by Crippen LogP contribution is 2.01. The van der Waals surface area contributed by atoms with Gasteiger partial charge >= 0.3 is 0 Å². The molecule has 0 saturated heterocycles. The molecule has 0 bridgehead atoms. The first kappa shape index (κ1) is 6.62. The molecule has 0 fully saturated rings. The Bertz CT molecular complexity index is 118. The fraction of sp³-hybridized carbons (Fsp3) is 0.714. The van der Waals surface area contributed by atoms with Gasteiger partial charge in [-0.05, 0) is 26.6 Å². The first-order valence-corrected chi connectivity index (χ1v) is 3.36. The van der Waals surface area contributed by atoms with Gasteiger partial charge in [0, 0.05) is 6.54 Å². The van der Waals surface area contributed by atoms with Gasteiger partial charge in [-0.2, -0.15) is 0 Å². The van der Waals surface area contributed by atoms with Gasteiger partial charge in [0.15, 0.2) is 0 Å². The number of rotatable bonds is 0. The highest BCUT2D eigenvalue weighted by molar-refractivity contribution is 4.98. The van der Waals surface area contributed by atoms with Crippen molar-refractivity contribution < 1.29 is 0 Å². The maximum atomic E-state index is 3.21. The lowest BCUT2D eigenvalue weighted by Gasteiger charge is -2.11. The molecule has 0 aromatic heterocycles. The third-order valence-electron chi connectivity index (χ3n) is 1.60. The summed E-state index contributed by atoms with van der Waals surface area (Å²) in [5.74, 6) is 0. The lowest BCUT2D eigenvalue weighted by Crippen LogP contribution is -2.26. The van der Waals surface area contributed by atoms with Crippen LogP contribution in [0, 0.1) is 0 Å². The van der Waals surface area contributed by atoms with Gasteiger partial charge in [-0.3, -0.25) is 4.90 Å². The fourth-order valence-electron chi connectivity index (χ4n) is 0.894. The molecule has 0 unspecified atom stereocenters. The monoisotopic (exact) mass is 126 g/mol. The molecule has 1 heterocycles. The van der Waals surface area contributed by atoms with E-state index in [-0.39, 0.29) is 0 Å². The first-order chi connectivity index (χ1) is 4.29. The molecule has 0 saturated carbocycles. The first-order valence-electron chi connectivity index (χ1n) is 3.36. The van der Waals surface area contributed by atoms with E-state index in [2.05, 4.69) is 30.4 Å². The zero-order valence-electron chi connectivity index (χ0n) is 6.15. The molecule has 52 valence electrons. The molecular formula is C7H14N2. The zero-order chi connectivity index (χ0) is 6.69. The summed E-state index contributed by atoms with van der Waals surface area (Å²) in [5, 5.41) is 3.21. The summed E-state index contributed by atoms with van der Waals surface area (Å²) in [6.07, 6.45) is 3.30. The van der Waals surface area contributed by atoms with Gasteiger partial charge < -0.3 is 5.32 Å². The molecule has 1 rings (SSSR count). The average molecular weight is 126 g/mol. The molecule has 0 aromatic rings. The molecule has 0 amide bonds. The van der Waals surface area contributed by atoms with E-state index in [0.717, 1.165) is 6.67 Å². The van der Waals surface area contributed by atoms with Crippen molar-refractivity contribution in [1.82, 2.24) is 10.2 Å². The van der Waals surface area contributed by atoms with E-state index in [0.29, 0.717) is 0 Å². The summed E-state index contributed by atoms with van der Waals surface area (Å²) in [7, 11) is 2.12. The highest BCUT2D eigenvalue weighted by Gasteiger charge is 2.00. The molecular weight excluding hydrogens is 112 g/mol. The Morgan fingerprint density at radius 2 is 2.44 bits per heavy atom. The standard InChI is InChI=1S/C7H14N2/c1-7-3-4-9(2)6-8-5-7/h5,8H,3-4,6H2,1-2H3. The predicted octanol–water partition coefficient (Wildman–Crippen LogP) is 0.773. The van der Waals surface area contributed by atoms with Gasteiger partial charge in [0.05, 0.1) is 6.67 Å². The quantitative estimate of drug-likeness (QED) is 0.516. The van der Waals surface area contributed by atoms with E-state index >= 15 is 0 Å². The summed E-state index contributed by atoms with van der Waals surface area (Å²) in [5.41, 5.74) is 1.44. The van der Waals surface area contributed by atoms with Crippen LogP contribution in [-0.2, 0) is 0 Å². The van der Waals surface area contributed by atoms with E-state index < -0.39 is 0 Å². The Hall–Kier alpha value is -0.500. The summed E-state index contributed by atoms with van der Waals surface area (Å²) in [6, 6.07) is 0. The van der Waals surface area contributed by atoms with Gasteiger partial charge in [-0.1, -0.05) is 5.57 Å². The third-order valence-corrected chi connectivity index (χ3v) is 1.60. The fourth-order valence-corrected chi connectivity index (χ4v) is 0.894. The van der Waals surface area contributed by atoms with Crippen LogP contribution in [0.25, 0.3) is 0 Å². The summed E-state index contributed by atoms with van der Waals surface area (Å²) < 4.78 is 0. The number of hydrogen-bond donors (Lipinski definition) is 1. The van der Waals surface area contributed by atoms with Crippen LogP contribution in [0.3, 0.4) is 0 Å². The smallest absolute Gasteiger partial charge is 0.0670 e. The van der Waals surface area contributed by atoms with Crippen molar-refractivity contribution in [3.05, 3.63) is 11.8 Å². The highest BCUT2D eigenvalue weighted by atomic mass is 15.2. The molecule has 0 atom stereocenters. The van der Waals surface area contributed by atoms with Crippen LogP contribution in [0.4, 0.5) is 0 Å². The Balaban J connectivity index is 2.39. The number of hydrogen-bond acceptors (Lipinski definition) is 2. The van der Waals surface area contributed by atoms with Gasteiger partial charge in [0.25, 0.3) is 0 Å². The van der Waals surface area contributed by atoms with Crippen molar-refractivity contribution >= 4 is 0 Å². The van der Waals surface area contributed by atoms with Crippen molar-refractivity contribution in [2.75, 3.05) is 20.3 Å². The third kappa shape index (κ3) is 2.06. The summed E-state index contributed by atoms with van der Waals surface area (Å²) >= 11 is 0. The summed E-state index contributed by atoms with van der Waals surface area (Å²) in [4.78, 5) is 2.27. The largest absolute Gasteiger partial charge is 0.378 e. The van der Waals surface area contributed by atoms with Crippen LogP contribution in [0.1, 0.15) is 13.3 Å². The molecule has 1 N–H and O–H groups in total. The number of nitrogens with one attached hydrogen (secondary N) is 1. The van der Waals surface area contributed by atoms with Crippen molar-refractivity contribution in [3.8, 4) is 0 Å². The SMILES string of the molecule is CC1=CNCN(C)CC1. The Morgan fingerprint density at radius 3 is 3.22 bits per heavy atom. The van der Waals surface area contributed by atoms with Gasteiger partial charge in [-0.15, -0.1) is 0 Å². The normalized spacial score (nSPS) is 22.2. The van der Waals surface area contributed by atoms with Crippen LogP contribution in [0.15, 0.2) is 11.8 Å². The van der Waals surface area contributed by atoms with Crippen LogP contribution in [-0.4, -0.2) is 25.2 Å². The molecule has 0 radical (unpaired) electrons. The number of nitrogens with zero attached hydrogens (tertiary/aromatic N) is 1. The summed E-state index contributed by atoms with van der Waals surface area (Å²) in [6.45, 7) is 4.32. The van der Waals surface area contributed by atoms with Crippen molar-refractivity contribution in [2.24, 2.45) is 0 Å². The van der Waals surface area contributed by atoms with E-state index in [4.69, 9.17) is 0 Å². The van der Waals surface area contributed by atoms with Gasteiger partial charge in [0.2, 0.25) is 0 Å². The topological polar surface area (TPSA) is 15.3 Å². The van der Waals surface area contributed by atoms with Crippen molar-refractivity contribution in [3.63, 3.8) is 0 Å². The molecule has 9 heavy (non-hydrogen) atoms. The predicted molar refractivity (Wildman–Crippen MR) is 39.0 cm³/mol. The molecule has 0 aromatic carbocycles. The lowest BCUT2D eigenvalue weighted by molar-refractivity contribution is 0.336. The van der Waals surface area contributed by atoms with Crippen molar-refractivity contribution in [1.29, 1.82) is 0 Å². The molecule has 0 spiro atoms. The Kier molecular flexibility index (Phi) is 2.11. The second-order valence-electron chi connectivity index (χ2n) is 2.68. The zero-order valence-corrected chi connectivity index (χ0v) is 6.15. The second-order valence-corrected chi connectivity index (χ2v) is 2.68. The maximum absolute atomic E-state index is 3.21. The van der Waals surface area contributed by atoms with Crippen LogP contribution < -0.4 is 5.32 Å². The molecule has 1 aliphatic heterocycles. The van der Waals surface area contributed by atoms with Crippen LogP contribution in [0.5, 0.6) is 0 Å². The molecule has 1 aliphatic rings. The Labute approximate surface area is 56.5 Å². The lowest BCUT2D eigenvalue weighted by atomic mass is 10.2. The van der Waals surface area contributed by atoms with Crippen LogP contribution >= 0.6 is 0 Å². The average Bonchev–Trinajstić information content (AvgIpc) is 1.97. The van der Waals surface area contributed by atoms with Gasteiger partial charge in [0.1, 0.15) is 0 Å². The maximum Gasteiger partial charge on any atom is 0.0670 e. The van der Waals surface area contributed by atoms with Gasteiger partial charge in [-0.25, -0.2) is 0 Å². The van der Waals surface area contributed by atoms with Crippen molar-refractivity contribution in [2.45, 2.75) is 13.3 Å². The molecule has 2 heteroatoms. The Morgan fingerprint density at radius 1 is 1.67 bits per heavy atom. The van der Waals surface area contributed by atoms with Crippen LogP contribution in [0.2, 0.25) is 0 Å². The minimum absolute atomic E-state index is 0.983. The minimum Gasteiger partial charge on any atom is -0.378 e. The molecule has 2 nitrogen and oxygen atoms in total. The second kappa shape index (κ2) is 2.87. The van der Waals surface area contributed by atoms with E-state index in [9.17, 15) is 0 Å². The van der Waals surface area contributed by atoms with E-state index in [1.165, 1.54) is 18.5 Å².